The molecular weight excluding hydrogens is 316 g/mol. The van der Waals surface area contributed by atoms with E-state index < -0.39 is 15.1 Å². The monoisotopic (exact) mass is 342 g/mol. The molecular formula is C17H26O5S. The lowest BCUT2D eigenvalue weighted by atomic mass is 10.0. The van der Waals surface area contributed by atoms with Crippen molar-refractivity contribution in [1.29, 1.82) is 0 Å². The highest BCUT2D eigenvalue weighted by Crippen LogP contribution is 2.31. The van der Waals surface area contributed by atoms with Crippen LogP contribution in [0.2, 0.25) is 0 Å². The summed E-state index contributed by atoms with van der Waals surface area (Å²) in [6, 6.07) is 5.13. The van der Waals surface area contributed by atoms with E-state index in [1.165, 1.54) is 0 Å². The van der Waals surface area contributed by atoms with Gasteiger partial charge in [-0.3, -0.25) is 0 Å². The van der Waals surface area contributed by atoms with E-state index in [0.29, 0.717) is 37.7 Å². The Hall–Kier alpha value is -1.11. The maximum atomic E-state index is 12.7. The lowest BCUT2D eigenvalue weighted by Gasteiger charge is -2.17. The molecule has 130 valence electrons. The third kappa shape index (κ3) is 4.46. The van der Waals surface area contributed by atoms with Gasteiger partial charge in [-0.1, -0.05) is 13.8 Å². The van der Waals surface area contributed by atoms with Crippen molar-refractivity contribution in [3.05, 3.63) is 23.8 Å². The smallest absolute Gasteiger partial charge is 0.183 e. The second-order valence-electron chi connectivity index (χ2n) is 5.93. The van der Waals surface area contributed by atoms with Crippen molar-refractivity contribution in [3.63, 3.8) is 0 Å². The topological polar surface area (TPSA) is 61.8 Å². The third-order valence-corrected chi connectivity index (χ3v) is 6.11. The number of hydrogen-bond acceptors (Lipinski definition) is 5. The van der Waals surface area contributed by atoms with Gasteiger partial charge in [-0.15, -0.1) is 0 Å². The van der Waals surface area contributed by atoms with E-state index in [1.807, 2.05) is 20.8 Å². The Bertz CT molecular complexity index is 603. The molecule has 2 rings (SSSR count). The normalized spacial score (nSPS) is 18.5. The predicted molar refractivity (Wildman–Crippen MR) is 88.9 cm³/mol. The fraction of sp³-hybridized carbons (Fsp3) is 0.647. The molecule has 1 aromatic carbocycles. The van der Waals surface area contributed by atoms with Crippen molar-refractivity contribution >= 4 is 9.84 Å². The number of sulfone groups is 1. The summed E-state index contributed by atoms with van der Waals surface area (Å²) in [6.07, 6.45) is 0.561. The number of ether oxygens (including phenoxy) is 3. The molecule has 0 saturated carbocycles. The van der Waals surface area contributed by atoms with Crippen LogP contribution in [0.25, 0.3) is 0 Å². The zero-order valence-electron chi connectivity index (χ0n) is 14.1. The van der Waals surface area contributed by atoms with Gasteiger partial charge in [0.05, 0.1) is 23.4 Å². The van der Waals surface area contributed by atoms with E-state index in [0.717, 1.165) is 11.3 Å². The molecule has 1 unspecified atom stereocenters. The maximum absolute atomic E-state index is 12.7. The fourth-order valence-electron chi connectivity index (χ4n) is 2.59. The largest absolute Gasteiger partial charge is 0.491 e. The molecule has 0 N–H and O–H groups in total. The lowest BCUT2D eigenvalue weighted by Crippen LogP contribution is -2.21. The predicted octanol–water partition coefficient (Wildman–Crippen LogP) is 2.79. The Morgan fingerprint density at radius 2 is 2.09 bits per heavy atom. The van der Waals surface area contributed by atoms with Gasteiger partial charge in [0.1, 0.15) is 12.4 Å². The summed E-state index contributed by atoms with van der Waals surface area (Å²) in [5, 5.41) is -0.438. The van der Waals surface area contributed by atoms with Gasteiger partial charge >= 0.3 is 0 Å². The van der Waals surface area contributed by atoms with E-state index >= 15 is 0 Å². The van der Waals surface area contributed by atoms with Crippen molar-refractivity contribution in [3.8, 4) is 5.75 Å². The lowest BCUT2D eigenvalue weighted by molar-refractivity contribution is 0.109. The quantitative estimate of drug-likeness (QED) is 0.680. The third-order valence-electron chi connectivity index (χ3n) is 3.95. The number of rotatable bonds is 8. The van der Waals surface area contributed by atoms with Crippen LogP contribution in [0.1, 0.15) is 38.7 Å². The summed E-state index contributed by atoms with van der Waals surface area (Å²) in [5.74, 6) is 0.897. The maximum Gasteiger partial charge on any atom is 0.183 e. The van der Waals surface area contributed by atoms with Crippen molar-refractivity contribution in [2.75, 3.05) is 33.0 Å². The van der Waals surface area contributed by atoms with Crippen LogP contribution in [0.4, 0.5) is 0 Å². The molecule has 5 nitrogen and oxygen atoms in total. The zero-order valence-corrected chi connectivity index (χ0v) is 14.9. The van der Waals surface area contributed by atoms with Crippen LogP contribution in [0.3, 0.4) is 0 Å². The van der Waals surface area contributed by atoms with Crippen LogP contribution in [0, 0.1) is 0 Å². The van der Waals surface area contributed by atoms with Gasteiger partial charge in [-0.05, 0) is 43.0 Å². The minimum Gasteiger partial charge on any atom is -0.491 e. The molecule has 0 bridgehead atoms. The van der Waals surface area contributed by atoms with Crippen molar-refractivity contribution < 1.29 is 22.6 Å². The second-order valence-corrected chi connectivity index (χ2v) is 8.16. The van der Waals surface area contributed by atoms with Crippen LogP contribution in [-0.2, 0) is 19.3 Å². The van der Waals surface area contributed by atoms with Crippen molar-refractivity contribution in [2.45, 2.75) is 43.3 Å². The Kier molecular flexibility index (Phi) is 6.44. The molecule has 0 aliphatic carbocycles. The van der Waals surface area contributed by atoms with E-state index in [1.54, 1.807) is 18.2 Å². The van der Waals surface area contributed by atoms with Crippen LogP contribution >= 0.6 is 0 Å². The van der Waals surface area contributed by atoms with Gasteiger partial charge in [0.2, 0.25) is 0 Å². The highest BCUT2D eigenvalue weighted by atomic mass is 32.2. The molecule has 0 radical (unpaired) electrons. The molecule has 1 heterocycles. The molecule has 1 aromatic rings. The Morgan fingerprint density at radius 1 is 1.30 bits per heavy atom. The first kappa shape index (κ1) is 18.2. The molecule has 1 aliphatic rings. The van der Waals surface area contributed by atoms with Crippen LogP contribution in [0.15, 0.2) is 23.1 Å². The molecule has 1 atom stereocenters. The molecule has 0 amide bonds. The van der Waals surface area contributed by atoms with Crippen molar-refractivity contribution in [2.24, 2.45) is 0 Å². The summed E-state index contributed by atoms with van der Waals surface area (Å²) in [5.41, 5.74) is 0.904. The van der Waals surface area contributed by atoms with Gasteiger partial charge in [0, 0.05) is 13.2 Å². The van der Waals surface area contributed by atoms with Crippen molar-refractivity contribution in [1.82, 2.24) is 0 Å². The van der Waals surface area contributed by atoms with E-state index in [4.69, 9.17) is 14.2 Å². The van der Waals surface area contributed by atoms with Crippen LogP contribution in [-0.4, -0.2) is 46.7 Å². The summed E-state index contributed by atoms with van der Waals surface area (Å²) < 4.78 is 41.6. The van der Waals surface area contributed by atoms with Gasteiger partial charge in [-0.25, -0.2) is 8.42 Å². The fourth-order valence-corrected chi connectivity index (χ4v) is 4.21. The molecule has 0 spiro atoms. The Labute approximate surface area is 138 Å². The molecule has 1 saturated heterocycles. The molecule has 1 fully saturated rings. The average Bonchev–Trinajstić information content (AvgIpc) is 3.06. The van der Waals surface area contributed by atoms with Crippen LogP contribution < -0.4 is 4.74 Å². The summed E-state index contributed by atoms with van der Waals surface area (Å²) in [7, 11) is -3.35. The Balaban J connectivity index is 2.21. The SMILES string of the molecule is CCOCCOc1ccc(S(=O)(=O)C2CCOC2)cc1C(C)C. The van der Waals surface area contributed by atoms with E-state index in [9.17, 15) is 8.42 Å². The van der Waals surface area contributed by atoms with Gasteiger partial charge in [-0.2, -0.15) is 0 Å². The molecule has 6 heteroatoms. The molecule has 0 aromatic heterocycles. The van der Waals surface area contributed by atoms with Gasteiger partial charge < -0.3 is 14.2 Å². The van der Waals surface area contributed by atoms with Gasteiger partial charge in [0.25, 0.3) is 0 Å². The minimum atomic E-state index is -3.35. The summed E-state index contributed by atoms with van der Waals surface area (Å²) >= 11 is 0. The molecule has 23 heavy (non-hydrogen) atoms. The average molecular weight is 342 g/mol. The minimum absolute atomic E-state index is 0.173. The summed E-state index contributed by atoms with van der Waals surface area (Å²) in [6.45, 7) is 8.42. The zero-order chi connectivity index (χ0) is 16.9. The first-order chi connectivity index (χ1) is 11.0. The Morgan fingerprint density at radius 3 is 2.70 bits per heavy atom. The highest BCUT2D eigenvalue weighted by Gasteiger charge is 2.31. The summed E-state index contributed by atoms with van der Waals surface area (Å²) in [4.78, 5) is 0.355. The van der Waals surface area contributed by atoms with E-state index in [-0.39, 0.29) is 12.5 Å². The number of hydrogen-bond donors (Lipinski definition) is 0. The molecule has 1 aliphatic heterocycles. The standard InChI is InChI=1S/C17H26O5S/c1-4-20-9-10-22-17-6-5-14(11-16(17)13(2)3)23(18,19)15-7-8-21-12-15/h5-6,11,13,15H,4,7-10,12H2,1-3H3. The highest BCUT2D eigenvalue weighted by molar-refractivity contribution is 7.92. The first-order valence-corrected chi connectivity index (χ1v) is 9.67. The van der Waals surface area contributed by atoms with E-state index in [2.05, 4.69) is 0 Å². The first-order valence-electron chi connectivity index (χ1n) is 8.13. The van der Waals surface area contributed by atoms with Crippen LogP contribution in [0.5, 0.6) is 5.75 Å². The second kappa shape index (κ2) is 8.13. The van der Waals surface area contributed by atoms with Gasteiger partial charge in [0.15, 0.2) is 9.84 Å². The number of benzene rings is 1.